The van der Waals surface area contributed by atoms with Crippen molar-refractivity contribution >= 4 is 44.8 Å². The number of rotatable bonds is 6. The second-order valence-electron chi connectivity index (χ2n) is 7.83. The van der Waals surface area contributed by atoms with Gasteiger partial charge in [0.25, 0.3) is 0 Å². The summed E-state index contributed by atoms with van der Waals surface area (Å²) in [5.74, 6) is -0.401. The van der Waals surface area contributed by atoms with Crippen molar-refractivity contribution in [3.8, 4) is 0 Å². The van der Waals surface area contributed by atoms with E-state index in [2.05, 4.69) is 17.4 Å². The number of sulfonamides is 1. The third-order valence-electron chi connectivity index (χ3n) is 5.42. The Labute approximate surface area is 188 Å². The molecule has 30 heavy (non-hydrogen) atoms. The van der Waals surface area contributed by atoms with Crippen LogP contribution in [0.5, 0.6) is 0 Å². The summed E-state index contributed by atoms with van der Waals surface area (Å²) in [4.78, 5) is 13.0. The molecule has 2 aromatic rings. The third-order valence-corrected chi connectivity index (χ3v) is 7.10. The van der Waals surface area contributed by atoms with E-state index < -0.39 is 22.0 Å². The van der Waals surface area contributed by atoms with Crippen molar-refractivity contribution in [3.63, 3.8) is 0 Å². The number of carbonyl (C=O) groups is 1. The predicted molar refractivity (Wildman–Crippen MR) is 123 cm³/mol. The van der Waals surface area contributed by atoms with Crippen LogP contribution in [0.25, 0.3) is 0 Å². The molecule has 0 fully saturated rings. The number of fused-ring (bicyclic) bond motifs is 1. The molecule has 1 N–H and O–H groups in total. The van der Waals surface area contributed by atoms with Gasteiger partial charge in [-0.3, -0.25) is 9.10 Å². The Hall–Kier alpha value is -1.76. The molecule has 1 aliphatic rings. The Kier molecular flexibility index (Phi) is 7.00. The van der Waals surface area contributed by atoms with Crippen LogP contribution in [0.4, 0.5) is 5.69 Å². The lowest BCUT2D eigenvalue weighted by atomic mass is 9.89. The van der Waals surface area contributed by atoms with Crippen molar-refractivity contribution in [2.24, 2.45) is 0 Å². The maximum atomic E-state index is 13.0. The zero-order chi connectivity index (χ0) is 22.1. The second kappa shape index (κ2) is 9.16. The number of benzene rings is 2. The number of amides is 1. The molecular weight excluding hydrogens is 443 g/mol. The molecular formula is C22H26Cl2N2O3S. The molecule has 5 nitrogen and oxygen atoms in total. The number of carbonyl (C=O) groups excluding carboxylic acids is 1. The zero-order valence-electron chi connectivity index (χ0n) is 17.3. The number of nitrogens with zero attached hydrogens (tertiary/aromatic N) is 1. The average molecular weight is 469 g/mol. The smallest absolute Gasteiger partial charge is 0.244 e. The van der Waals surface area contributed by atoms with Crippen molar-refractivity contribution in [1.29, 1.82) is 0 Å². The number of aryl methyl sites for hydroxylation is 2. The molecule has 0 saturated carbocycles. The lowest BCUT2D eigenvalue weighted by Crippen LogP contribution is -2.48. The zero-order valence-corrected chi connectivity index (χ0v) is 19.6. The molecule has 2 atom stereocenters. The molecule has 1 aliphatic carbocycles. The predicted octanol–water partition coefficient (Wildman–Crippen LogP) is 4.90. The molecule has 162 valence electrons. The summed E-state index contributed by atoms with van der Waals surface area (Å²) in [7, 11) is -3.75. The van der Waals surface area contributed by atoms with Crippen LogP contribution in [0.2, 0.25) is 10.0 Å². The highest BCUT2D eigenvalue weighted by Crippen LogP contribution is 2.29. The van der Waals surface area contributed by atoms with Gasteiger partial charge in [0.2, 0.25) is 15.9 Å². The highest BCUT2D eigenvalue weighted by molar-refractivity contribution is 7.92. The molecule has 1 amide bonds. The van der Waals surface area contributed by atoms with Crippen molar-refractivity contribution in [2.45, 2.75) is 51.6 Å². The van der Waals surface area contributed by atoms with Gasteiger partial charge in [-0.05, 0) is 74.4 Å². The lowest BCUT2D eigenvalue weighted by molar-refractivity contribution is -0.122. The first-order valence-corrected chi connectivity index (χ1v) is 12.5. The van der Waals surface area contributed by atoms with Gasteiger partial charge in [-0.25, -0.2) is 8.42 Å². The summed E-state index contributed by atoms with van der Waals surface area (Å²) in [6.07, 6.45) is 5.60. The first kappa shape index (κ1) is 22.9. The van der Waals surface area contributed by atoms with Crippen molar-refractivity contribution in [3.05, 3.63) is 63.1 Å². The van der Waals surface area contributed by atoms with Crippen LogP contribution in [-0.2, 0) is 27.7 Å². The summed E-state index contributed by atoms with van der Waals surface area (Å²) in [5.41, 5.74) is 3.96. The quantitative estimate of drug-likeness (QED) is 0.654. The molecule has 0 spiro atoms. The van der Waals surface area contributed by atoms with E-state index in [0.29, 0.717) is 10.0 Å². The van der Waals surface area contributed by atoms with Gasteiger partial charge in [0, 0.05) is 10.0 Å². The van der Waals surface area contributed by atoms with Gasteiger partial charge < -0.3 is 5.32 Å². The topological polar surface area (TPSA) is 66.5 Å². The van der Waals surface area contributed by atoms with Crippen LogP contribution in [0.1, 0.15) is 49.4 Å². The molecule has 0 radical (unpaired) electrons. The molecule has 0 bridgehead atoms. The first-order valence-electron chi connectivity index (χ1n) is 9.94. The lowest BCUT2D eigenvalue weighted by Gasteiger charge is -2.29. The molecule has 3 rings (SSSR count). The molecule has 0 unspecified atom stereocenters. The van der Waals surface area contributed by atoms with Crippen LogP contribution in [0.15, 0.2) is 36.4 Å². The Balaban J connectivity index is 1.81. The molecule has 0 heterocycles. The van der Waals surface area contributed by atoms with Crippen LogP contribution < -0.4 is 9.62 Å². The number of nitrogens with one attached hydrogen (secondary N) is 1. The number of hydrogen-bond donors (Lipinski definition) is 1. The minimum absolute atomic E-state index is 0.249. The van der Waals surface area contributed by atoms with Gasteiger partial charge in [-0.15, -0.1) is 0 Å². The molecule has 0 aliphatic heterocycles. The van der Waals surface area contributed by atoms with E-state index in [4.69, 9.17) is 23.2 Å². The third kappa shape index (κ3) is 5.29. The fourth-order valence-corrected chi connectivity index (χ4v) is 5.59. The van der Waals surface area contributed by atoms with E-state index in [1.54, 1.807) is 6.92 Å². The second-order valence-corrected chi connectivity index (χ2v) is 10.6. The molecule has 2 aromatic carbocycles. The van der Waals surface area contributed by atoms with E-state index in [0.717, 1.165) is 29.0 Å². The van der Waals surface area contributed by atoms with Crippen LogP contribution in [-0.4, -0.2) is 26.6 Å². The van der Waals surface area contributed by atoms with Crippen LogP contribution in [0, 0.1) is 0 Å². The fraction of sp³-hybridized carbons (Fsp3) is 0.409. The Morgan fingerprint density at radius 2 is 1.60 bits per heavy atom. The first-order chi connectivity index (χ1) is 14.1. The normalized spacial score (nSPS) is 15.8. The number of hydrogen-bond acceptors (Lipinski definition) is 3. The number of anilines is 1. The highest BCUT2D eigenvalue weighted by atomic mass is 35.5. The van der Waals surface area contributed by atoms with Crippen LogP contribution >= 0.6 is 23.2 Å². The van der Waals surface area contributed by atoms with Crippen molar-refractivity contribution in [1.82, 2.24) is 5.32 Å². The average Bonchev–Trinajstić information content (AvgIpc) is 2.65. The number of halogens is 2. The summed E-state index contributed by atoms with van der Waals surface area (Å²) < 4.78 is 26.0. The summed E-state index contributed by atoms with van der Waals surface area (Å²) >= 11 is 12.1. The standard InChI is InChI=1S/C22H26Cl2N2O3S/c1-14(17-9-8-16-6-4-5-7-18(16)10-17)25-22(27)15(2)26(30(3,28)29)21-12-19(23)11-20(24)13-21/h8-15H,4-7H2,1-3H3,(H,25,27)/t14-,15-/m0/s1. The van der Waals surface area contributed by atoms with E-state index in [9.17, 15) is 13.2 Å². The van der Waals surface area contributed by atoms with Crippen LogP contribution in [0.3, 0.4) is 0 Å². The van der Waals surface area contributed by atoms with E-state index in [1.165, 1.54) is 42.2 Å². The Bertz CT molecular complexity index is 1040. The van der Waals surface area contributed by atoms with Gasteiger partial charge in [0.05, 0.1) is 18.0 Å². The van der Waals surface area contributed by atoms with Gasteiger partial charge >= 0.3 is 0 Å². The SMILES string of the molecule is C[C@H](NC(=O)[C@H](C)N(c1cc(Cl)cc(Cl)c1)S(C)(=O)=O)c1ccc2c(c1)CCCC2. The minimum Gasteiger partial charge on any atom is -0.348 e. The largest absolute Gasteiger partial charge is 0.348 e. The van der Waals surface area contributed by atoms with Gasteiger partial charge in [0.1, 0.15) is 6.04 Å². The van der Waals surface area contributed by atoms with Gasteiger partial charge in [-0.1, -0.05) is 41.4 Å². The van der Waals surface area contributed by atoms with E-state index >= 15 is 0 Å². The monoisotopic (exact) mass is 468 g/mol. The maximum absolute atomic E-state index is 13.0. The van der Waals surface area contributed by atoms with Gasteiger partial charge in [-0.2, -0.15) is 0 Å². The maximum Gasteiger partial charge on any atom is 0.244 e. The van der Waals surface area contributed by atoms with Gasteiger partial charge in [0.15, 0.2) is 0 Å². The molecule has 0 saturated heterocycles. The van der Waals surface area contributed by atoms with E-state index in [-0.39, 0.29) is 11.7 Å². The Morgan fingerprint density at radius 3 is 2.20 bits per heavy atom. The summed E-state index contributed by atoms with van der Waals surface area (Å²) in [5, 5.41) is 3.53. The minimum atomic E-state index is -3.75. The van der Waals surface area contributed by atoms with E-state index in [1.807, 2.05) is 13.0 Å². The summed E-state index contributed by atoms with van der Waals surface area (Å²) in [6.45, 7) is 3.45. The Morgan fingerprint density at radius 1 is 1.00 bits per heavy atom. The van der Waals surface area contributed by atoms with Crippen molar-refractivity contribution in [2.75, 3.05) is 10.6 Å². The van der Waals surface area contributed by atoms with Crippen molar-refractivity contribution < 1.29 is 13.2 Å². The fourth-order valence-electron chi connectivity index (χ4n) is 3.92. The highest BCUT2D eigenvalue weighted by Gasteiger charge is 2.30. The summed E-state index contributed by atoms with van der Waals surface area (Å²) in [6, 6.07) is 9.55. The molecule has 8 heteroatoms. The molecule has 0 aromatic heterocycles.